The highest BCUT2D eigenvalue weighted by atomic mass is 19.4. The molecule has 0 bridgehead atoms. The van der Waals surface area contributed by atoms with Crippen molar-refractivity contribution in [3.8, 4) is 0 Å². The van der Waals surface area contributed by atoms with Crippen LogP contribution in [0.25, 0.3) is 0 Å². The maximum absolute atomic E-state index is 12.4. The SMILES string of the molecule is FC(F)(F)c1ccc(NCCNC2CCCCCC2)cc1. The van der Waals surface area contributed by atoms with Crippen molar-refractivity contribution in [3.05, 3.63) is 29.8 Å². The summed E-state index contributed by atoms with van der Waals surface area (Å²) < 4.78 is 37.3. The molecule has 0 amide bonds. The van der Waals surface area contributed by atoms with Crippen LogP contribution in [0, 0.1) is 0 Å². The number of nitrogens with one attached hydrogen (secondary N) is 2. The first-order valence-electron chi connectivity index (χ1n) is 7.70. The first-order chi connectivity index (χ1) is 10.1. The van der Waals surface area contributed by atoms with Gasteiger partial charge in [0.1, 0.15) is 0 Å². The lowest BCUT2D eigenvalue weighted by Gasteiger charge is -2.16. The summed E-state index contributed by atoms with van der Waals surface area (Å²) in [6.45, 7) is 1.56. The smallest absolute Gasteiger partial charge is 0.384 e. The third-order valence-electron chi connectivity index (χ3n) is 3.95. The second kappa shape index (κ2) is 7.69. The number of halogens is 3. The van der Waals surface area contributed by atoms with Crippen LogP contribution in [0.2, 0.25) is 0 Å². The molecule has 1 saturated carbocycles. The summed E-state index contributed by atoms with van der Waals surface area (Å²) in [5.41, 5.74) is 0.121. The summed E-state index contributed by atoms with van der Waals surface area (Å²) >= 11 is 0. The van der Waals surface area contributed by atoms with Gasteiger partial charge in [-0.25, -0.2) is 0 Å². The molecule has 1 aromatic carbocycles. The van der Waals surface area contributed by atoms with Gasteiger partial charge in [0.15, 0.2) is 0 Å². The fourth-order valence-corrected chi connectivity index (χ4v) is 2.74. The minimum absolute atomic E-state index is 0.599. The summed E-state index contributed by atoms with van der Waals surface area (Å²) in [6, 6.07) is 5.78. The molecule has 0 aromatic heterocycles. The zero-order valence-corrected chi connectivity index (χ0v) is 12.2. The van der Waals surface area contributed by atoms with Crippen LogP contribution < -0.4 is 10.6 Å². The molecule has 0 saturated heterocycles. The predicted molar refractivity (Wildman–Crippen MR) is 79.4 cm³/mol. The number of anilines is 1. The Morgan fingerprint density at radius 1 is 0.905 bits per heavy atom. The van der Waals surface area contributed by atoms with E-state index in [0.29, 0.717) is 6.04 Å². The summed E-state index contributed by atoms with van der Waals surface area (Å²) in [6.07, 6.45) is 3.47. The van der Waals surface area contributed by atoms with Crippen molar-refractivity contribution in [1.29, 1.82) is 0 Å². The lowest BCUT2D eigenvalue weighted by molar-refractivity contribution is -0.137. The lowest BCUT2D eigenvalue weighted by atomic mass is 10.1. The molecule has 0 atom stereocenters. The minimum atomic E-state index is -4.26. The van der Waals surface area contributed by atoms with E-state index < -0.39 is 11.7 Å². The van der Waals surface area contributed by atoms with E-state index in [9.17, 15) is 13.2 Å². The van der Waals surface area contributed by atoms with E-state index in [1.54, 1.807) is 0 Å². The normalized spacial score (nSPS) is 17.5. The van der Waals surface area contributed by atoms with Crippen molar-refractivity contribution in [2.24, 2.45) is 0 Å². The molecular weight excluding hydrogens is 277 g/mol. The van der Waals surface area contributed by atoms with Crippen molar-refractivity contribution >= 4 is 5.69 Å². The quantitative estimate of drug-likeness (QED) is 0.621. The van der Waals surface area contributed by atoms with Gasteiger partial charge in [-0.3, -0.25) is 0 Å². The molecule has 0 unspecified atom stereocenters. The molecule has 0 heterocycles. The number of alkyl halides is 3. The highest BCUT2D eigenvalue weighted by Crippen LogP contribution is 2.29. The maximum Gasteiger partial charge on any atom is 0.416 e. The molecule has 2 nitrogen and oxygen atoms in total. The molecule has 2 rings (SSSR count). The molecule has 1 aliphatic rings. The predicted octanol–water partition coefficient (Wildman–Crippen LogP) is 4.43. The van der Waals surface area contributed by atoms with Crippen LogP contribution in [-0.2, 0) is 6.18 Å². The standard InChI is InChI=1S/C16H23F3N2/c17-16(18,19)13-7-9-15(10-8-13)21-12-11-20-14-5-3-1-2-4-6-14/h7-10,14,20-21H,1-6,11-12H2. The Hall–Kier alpha value is -1.23. The third kappa shape index (κ3) is 5.58. The van der Waals surface area contributed by atoms with Gasteiger partial charge in [0, 0.05) is 24.8 Å². The highest BCUT2D eigenvalue weighted by Gasteiger charge is 2.29. The molecular formula is C16H23F3N2. The molecule has 1 aliphatic carbocycles. The Labute approximate surface area is 124 Å². The van der Waals surface area contributed by atoms with Crippen LogP contribution in [0.15, 0.2) is 24.3 Å². The second-order valence-corrected chi connectivity index (χ2v) is 5.64. The number of benzene rings is 1. The molecule has 5 heteroatoms. The number of hydrogen-bond acceptors (Lipinski definition) is 2. The summed E-state index contributed by atoms with van der Waals surface area (Å²) in [7, 11) is 0. The average Bonchev–Trinajstić information content (AvgIpc) is 2.72. The molecule has 2 N–H and O–H groups in total. The summed E-state index contributed by atoms with van der Waals surface area (Å²) in [5.74, 6) is 0. The van der Waals surface area contributed by atoms with E-state index in [1.165, 1.54) is 50.7 Å². The van der Waals surface area contributed by atoms with Gasteiger partial charge < -0.3 is 10.6 Å². The lowest BCUT2D eigenvalue weighted by Crippen LogP contribution is -2.32. The summed E-state index contributed by atoms with van der Waals surface area (Å²) in [5, 5.41) is 6.67. The zero-order chi connectivity index (χ0) is 15.1. The molecule has 1 aromatic rings. The van der Waals surface area contributed by atoms with E-state index in [-0.39, 0.29) is 0 Å². The van der Waals surface area contributed by atoms with Crippen LogP contribution in [0.3, 0.4) is 0 Å². The van der Waals surface area contributed by atoms with Gasteiger partial charge in [-0.05, 0) is 37.1 Å². The molecule has 21 heavy (non-hydrogen) atoms. The van der Waals surface area contributed by atoms with E-state index in [1.807, 2.05) is 0 Å². The Bertz CT molecular complexity index is 407. The van der Waals surface area contributed by atoms with E-state index in [2.05, 4.69) is 10.6 Å². The van der Waals surface area contributed by atoms with Gasteiger partial charge in [0.05, 0.1) is 5.56 Å². The van der Waals surface area contributed by atoms with Gasteiger partial charge in [-0.15, -0.1) is 0 Å². The largest absolute Gasteiger partial charge is 0.416 e. The van der Waals surface area contributed by atoms with Crippen molar-refractivity contribution in [3.63, 3.8) is 0 Å². The van der Waals surface area contributed by atoms with Gasteiger partial charge in [0.2, 0.25) is 0 Å². The van der Waals surface area contributed by atoms with E-state index in [0.717, 1.165) is 30.9 Å². The molecule has 1 fully saturated rings. The Kier molecular flexibility index (Phi) is 5.91. The van der Waals surface area contributed by atoms with Crippen molar-refractivity contribution in [1.82, 2.24) is 5.32 Å². The second-order valence-electron chi connectivity index (χ2n) is 5.64. The zero-order valence-electron chi connectivity index (χ0n) is 12.2. The molecule has 118 valence electrons. The highest BCUT2D eigenvalue weighted by molar-refractivity contribution is 5.45. The Morgan fingerprint density at radius 2 is 1.52 bits per heavy atom. The van der Waals surface area contributed by atoms with Gasteiger partial charge in [-0.1, -0.05) is 25.7 Å². The minimum Gasteiger partial charge on any atom is -0.384 e. The average molecular weight is 300 g/mol. The number of rotatable bonds is 5. The first-order valence-corrected chi connectivity index (χ1v) is 7.70. The third-order valence-corrected chi connectivity index (χ3v) is 3.95. The van der Waals surface area contributed by atoms with E-state index in [4.69, 9.17) is 0 Å². The van der Waals surface area contributed by atoms with Crippen molar-refractivity contribution in [2.45, 2.75) is 50.7 Å². The van der Waals surface area contributed by atoms with Gasteiger partial charge in [0.25, 0.3) is 0 Å². The van der Waals surface area contributed by atoms with Gasteiger partial charge >= 0.3 is 6.18 Å². The summed E-state index contributed by atoms with van der Waals surface area (Å²) in [4.78, 5) is 0. The van der Waals surface area contributed by atoms with Crippen molar-refractivity contribution < 1.29 is 13.2 Å². The van der Waals surface area contributed by atoms with Gasteiger partial charge in [-0.2, -0.15) is 13.2 Å². The van der Waals surface area contributed by atoms with E-state index >= 15 is 0 Å². The molecule has 0 aliphatic heterocycles. The molecule has 0 radical (unpaired) electrons. The van der Waals surface area contributed by atoms with Crippen LogP contribution in [0.4, 0.5) is 18.9 Å². The maximum atomic E-state index is 12.4. The van der Waals surface area contributed by atoms with Crippen LogP contribution >= 0.6 is 0 Å². The number of hydrogen-bond donors (Lipinski definition) is 2. The Balaban J connectivity index is 1.68. The Morgan fingerprint density at radius 3 is 2.10 bits per heavy atom. The fraction of sp³-hybridized carbons (Fsp3) is 0.625. The molecule has 0 spiro atoms. The van der Waals surface area contributed by atoms with Crippen LogP contribution in [-0.4, -0.2) is 19.1 Å². The monoisotopic (exact) mass is 300 g/mol. The fourth-order valence-electron chi connectivity index (χ4n) is 2.74. The van der Waals surface area contributed by atoms with Crippen molar-refractivity contribution in [2.75, 3.05) is 18.4 Å². The first kappa shape index (κ1) is 16.1. The topological polar surface area (TPSA) is 24.1 Å². The van der Waals surface area contributed by atoms with Crippen LogP contribution in [0.5, 0.6) is 0 Å². The van der Waals surface area contributed by atoms with Crippen LogP contribution in [0.1, 0.15) is 44.1 Å².